The molecule has 1 unspecified atom stereocenters. The molecule has 0 amide bonds. The second-order valence-corrected chi connectivity index (χ2v) is 6.49. The number of nitrogens with one attached hydrogen (secondary N) is 1. The van der Waals surface area contributed by atoms with Crippen LogP contribution in [0.3, 0.4) is 0 Å². The number of ether oxygens (including phenoxy) is 1. The highest BCUT2D eigenvalue weighted by atomic mass is 32.2. The van der Waals surface area contributed by atoms with E-state index in [2.05, 4.69) is 15.5 Å². The molecule has 1 aromatic heterocycles. The number of hydrogen-bond acceptors (Lipinski definition) is 7. The molecule has 1 atom stereocenters. The van der Waals surface area contributed by atoms with Gasteiger partial charge in [-0.3, -0.25) is 4.79 Å². The van der Waals surface area contributed by atoms with Crippen LogP contribution < -0.4 is 5.32 Å². The molecule has 0 aromatic carbocycles. The average molecular weight is 303 g/mol. The van der Waals surface area contributed by atoms with Crippen molar-refractivity contribution in [2.75, 3.05) is 19.4 Å². The van der Waals surface area contributed by atoms with E-state index in [1.807, 2.05) is 13.8 Å². The van der Waals surface area contributed by atoms with Gasteiger partial charge in [0.2, 0.25) is 0 Å². The molecule has 0 saturated heterocycles. The molecular weight excluding hydrogens is 282 g/mol. The van der Waals surface area contributed by atoms with Crippen LogP contribution in [0.2, 0.25) is 0 Å². The van der Waals surface area contributed by atoms with Crippen molar-refractivity contribution in [2.24, 2.45) is 0 Å². The van der Waals surface area contributed by atoms with Gasteiger partial charge in [0.15, 0.2) is 4.34 Å². The van der Waals surface area contributed by atoms with Crippen molar-refractivity contribution >= 4 is 29.1 Å². The van der Waals surface area contributed by atoms with E-state index >= 15 is 0 Å². The maximum atomic E-state index is 11.8. The van der Waals surface area contributed by atoms with Crippen LogP contribution in [0.15, 0.2) is 9.85 Å². The smallest absolute Gasteiger partial charge is 0.326 e. The van der Waals surface area contributed by atoms with Crippen LogP contribution in [0, 0.1) is 0 Å². The first-order valence-corrected chi connectivity index (χ1v) is 8.24. The maximum absolute atomic E-state index is 11.8. The van der Waals surface area contributed by atoms with E-state index in [4.69, 9.17) is 4.74 Å². The zero-order valence-corrected chi connectivity index (χ0v) is 13.3. The molecule has 0 aliphatic rings. The number of carbonyl (C=O) groups is 1. The highest BCUT2D eigenvalue weighted by molar-refractivity contribution is 8.00. The van der Waals surface area contributed by atoms with Gasteiger partial charge >= 0.3 is 5.97 Å². The molecule has 0 radical (unpaired) electrons. The monoisotopic (exact) mass is 303 g/mol. The van der Waals surface area contributed by atoms with Crippen LogP contribution in [0.1, 0.15) is 33.1 Å². The quantitative estimate of drug-likeness (QED) is 0.429. The topological polar surface area (TPSA) is 64.1 Å². The van der Waals surface area contributed by atoms with E-state index in [0.29, 0.717) is 6.61 Å². The van der Waals surface area contributed by atoms with Crippen LogP contribution >= 0.6 is 23.1 Å². The summed E-state index contributed by atoms with van der Waals surface area (Å²) in [7, 11) is 1.80. The van der Waals surface area contributed by atoms with Crippen LogP contribution in [-0.2, 0) is 9.53 Å². The number of carbonyl (C=O) groups excluding carboxylic acids is 1. The normalized spacial score (nSPS) is 14.1. The molecule has 0 fully saturated rings. The summed E-state index contributed by atoms with van der Waals surface area (Å²) in [5.74, 6) is 0.826. The fourth-order valence-corrected chi connectivity index (χ4v) is 3.14. The Morgan fingerprint density at radius 1 is 1.58 bits per heavy atom. The number of aromatic nitrogens is 2. The molecule has 5 nitrogen and oxygen atoms in total. The van der Waals surface area contributed by atoms with Crippen molar-refractivity contribution in [1.29, 1.82) is 0 Å². The Bertz CT molecular complexity index is 373. The molecule has 0 bridgehead atoms. The predicted molar refractivity (Wildman–Crippen MR) is 78.6 cm³/mol. The van der Waals surface area contributed by atoms with Gasteiger partial charge < -0.3 is 10.1 Å². The van der Waals surface area contributed by atoms with E-state index in [0.717, 1.165) is 29.4 Å². The molecule has 0 aliphatic carbocycles. The molecule has 1 rings (SSSR count). The Hall–Kier alpha value is -0.660. The largest absolute Gasteiger partial charge is 0.465 e. The van der Waals surface area contributed by atoms with E-state index in [1.165, 1.54) is 0 Å². The Labute approximate surface area is 122 Å². The Balaban J connectivity index is 2.23. The van der Waals surface area contributed by atoms with Gasteiger partial charge in [-0.25, -0.2) is 0 Å². The van der Waals surface area contributed by atoms with Gasteiger partial charge in [-0.05, 0) is 33.7 Å². The molecular formula is C12H21N3O2S2. The van der Waals surface area contributed by atoms with Gasteiger partial charge in [-0.1, -0.05) is 29.5 Å². The van der Waals surface area contributed by atoms with Crippen molar-refractivity contribution in [3.63, 3.8) is 0 Å². The van der Waals surface area contributed by atoms with Crippen molar-refractivity contribution < 1.29 is 9.53 Å². The van der Waals surface area contributed by atoms with Crippen molar-refractivity contribution in [3.8, 4) is 0 Å². The zero-order chi connectivity index (χ0) is 14.1. The molecule has 19 heavy (non-hydrogen) atoms. The lowest BCUT2D eigenvalue weighted by atomic mass is 9.95. The van der Waals surface area contributed by atoms with Crippen molar-refractivity contribution in [1.82, 2.24) is 15.5 Å². The number of rotatable bonds is 9. The number of hydrogen-bond donors (Lipinski definition) is 1. The SMILES string of the molecule is CCOC(=O)C(C)(CCCCSc1nncs1)NC. The summed E-state index contributed by atoms with van der Waals surface area (Å²) < 4.78 is 6.09. The maximum Gasteiger partial charge on any atom is 0.326 e. The summed E-state index contributed by atoms with van der Waals surface area (Å²) in [6.45, 7) is 4.14. The van der Waals surface area contributed by atoms with Gasteiger partial charge in [0.25, 0.3) is 0 Å². The van der Waals surface area contributed by atoms with E-state index in [-0.39, 0.29) is 5.97 Å². The standard InChI is InChI=1S/C12H21N3O2S2/c1-4-17-10(16)12(2,13-3)7-5-6-8-18-11-15-14-9-19-11/h9,13H,4-8H2,1-3H3. The first kappa shape index (κ1) is 16.4. The van der Waals surface area contributed by atoms with Gasteiger partial charge in [-0.2, -0.15) is 0 Å². The minimum atomic E-state index is -0.580. The fraction of sp³-hybridized carbons (Fsp3) is 0.750. The number of thioether (sulfide) groups is 1. The minimum Gasteiger partial charge on any atom is -0.465 e. The zero-order valence-electron chi connectivity index (χ0n) is 11.6. The van der Waals surface area contributed by atoms with Crippen LogP contribution in [0.4, 0.5) is 0 Å². The lowest BCUT2D eigenvalue weighted by Crippen LogP contribution is -2.48. The lowest BCUT2D eigenvalue weighted by molar-refractivity contribution is -0.150. The Morgan fingerprint density at radius 2 is 2.37 bits per heavy atom. The summed E-state index contributed by atoms with van der Waals surface area (Å²) in [4.78, 5) is 11.8. The summed E-state index contributed by atoms with van der Waals surface area (Å²) in [6.07, 6.45) is 2.79. The molecule has 0 saturated carbocycles. The Morgan fingerprint density at radius 3 is 2.95 bits per heavy atom. The first-order chi connectivity index (χ1) is 9.12. The van der Waals surface area contributed by atoms with Gasteiger partial charge in [0, 0.05) is 5.75 Å². The van der Waals surface area contributed by atoms with Crippen LogP contribution in [0.25, 0.3) is 0 Å². The highest BCUT2D eigenvalue weighted by Gasteiger charge is 2.32. The molecule has 1 heterocycles. The number of unbranched alkanes of at least 4 members (excludes halogenated alkanes) is 1. The third kappa shape index (κ3) is 5.46. The van der Waals surface area contributed by atoms with E-state index in [1.54, 1.807) is 35.7 Å². The summed E-state index contributed by atoms with van der Waals surface area (Å²) in [5.41, 5.74) is 1.16. The summed E-state index contributed by atoms with van der Waals surface area (Å²) in [6, 6.07) is 0. The summed E-state index contributed by atoms with van der Waals surface area (Å²) in [5, 5.41) is 10.8. The number of esters is 1. The second kappa shape index (κ2) is 8.50. The lowest BCUT2D eigenvalue weighted by Gasteiger charge is -2.26. The average Bonchev–Trinajstić information content (AvgIpc) is 2.91. The predicted octanol–water partition coefficient (Wildman–Crippen LogP) is 2.34. The summed E-state index contributed by atoms with van der Waals surface area (Å²) >= 11 is 3.27. The molecule has 1 N–H and O–H groups in total. The molecule has 108 valence electrons. The first-order valence-electron chi connectivity index (χ1n) is 6.37. The number of nitrogens with zero attached hydrogens (tertiary/aromatic N) is 2. The number of likely N-dealkylation sites (N-methyl/N-ethyl adjacent to an activating group) is 1. The Kier molecular flexibility index (Phi) is 7.33. The van der Waals surface area contributed by atoms with Gasteiger partial charge in [0.05, 0.1) is 6.61 Å². The van der Waals surface area contributed by atoms with E-state index in [9.17, 15) is 4.79 Å². The second-order valence-electron chi connectivity index (χ2n) is 4.31. The third-order valence-electron chi connectivity index (χ3n) is 2.91. The van der Waals surface area contributed by atoms with Crippen molar-refractivity contribution in [3.05, 3.63) is 5.51 Å². The van der Waals surface area contributed by atoms with Crippen LogP contribution in [-0.4, -0.2) is 41.1 Å². The third-order valence-corrected chi connectivity index (χ3v) is 4.86. The van der Waals surface area contributed by atoms with Crippen LogP contribution in [0.5, 0.6) is 0 Å². The minimum absolute atomic E-state index is 0.172. The molecule has 7 heteroatoms. The van der Waals surface area contributed by atoms with Crippen molar-refractivity contribution in [2.45, 2.75) is 43.0 Å². The molecule has 0 aliphatic heterocycles. The van der Waals surface area contributed by atoms with Gasteiger partial charge in [0.1, 0.15) is 11.0 Å². The fourth-order valence-electron chi connectivity index (χ4n) is 1.59. The van der Waals surface area contributed by atoms with E-state index < -0.39 is 5.54 Å². The molecule has 0 spiro atoms. The molecule has 1 aromatic rings. The van der Waals surface area contributed by atoms with Gasteiger partial charge in [-0.15, -0.1) is 10.2 Å². The highest BCUT2D eigenvalue weighted by Crippen LogP contribution is 2.22.